The second kappa shape index (κ2) is 6.36. The van der Waals surface area contributed by atoms with Gasteiger partial charge < -0.3 is 10.1 Å². The maximum absolute atomic E-state index is 13.1. The van der Waals surface area contributed by atoms with E-state index >= 15 is 0 Å². The average Bonchev–Trinajstić information content (AvgIpc) is 2.28. The molecule has 0 saturated heterocycles. The highest BCUT2D eigenvalue weighted by molar-refractivity contribution is 6.31. The summed E-state index contributed by atoms with van der Waals surface area (Å²) in [5, 5.41) is 13.4. The Morgan fingerprint density at radius 2 is 2.29 bits per heavy atom. The maximum Gasteiger partial charge on any atom is 0.312 e. The van der Waals surface area contributed by atoms with Crippen molar-refractivity contribution in [3.05, 3.63) is 33.1 Å². The lowest BCUT2D eigenvalue weighted by Gasteiger charge is -2.07. The third-order valence-corrected chi connectivity index (χ3v) is 2.27. The minimum Gasteiger partial charge on any atom is -0.485 e. The number of nitrogens with one attached hydrogen (secondary N) is 1. The Morgan fingerprint density at radius 1 is 1.59 bits per heavy atom. The minimum absolute atomic E-state index is 0.116. The number of nitro groups is 1. The van der Waals surface area contributed by atoms with Gasteiger partial charge in [0.05, 0.1) is 9.95 Å². The summed E-state index contributed by atoms with van der Waals surface area (Å²) in [4.78, 5) is 10.0. The smallest absolute Gasteiger partial charge is 0.312 e. The second-order valence-electron chi connectivity index (χ2n) is 3.19. The van der Waals surface area contributed by atoms with Crippen molar-refractivity contribution in [1.82, 2.24) is 5.32 Å². The van der Waals surface area contributed by atoms with Crippen molar-refractivity contribution >= 4 is 17.3 Å². The summed E-state index contributed by atoms with van der Waals surface area (Å²) in [6, 6.07) is 1.87. The van der Waals surface area contributed by atoms with Gasteiger partial charge in [-0.1, -0.05) is 18.5 Å². The fourth-order valence-electron chi connectivity index (χ4n) is 1.19. The van der Waals surface area contributed by atoms with E-state index in [1.54, 1.807) is 0 Å². The number of nitro benzene ring substituents is 1. The second-order valence-corrected chi connectivity index (χ2v) is 3.60. The van der Waals surface area contributed by atoms with Crippen LogP contribution in [0.2, 0.25) is 5.02 Å². The van der Waals surface area contributed by atoms with E-state index in [1.165, 1.54) is 0 Å². The Morgan fingerprint density at radius 3 is 2.88 bits per heavy atom. The fraction of sp³-hybridized carbons (Fsp3) is 0.400. The highest BCUT2D eigenvalue weighted by Crippen LogP contribution is 2.32. The van der Waals surface area contributed by atoms with Gasteiger partial charge in [0.15, 0.2) is 5.75 Å². The molecule has 0 heterocycles. The third-order valence-electron chi connectivity index (χ3n) is 1.98. The van der Waals surface area contributed by atoms with Crippen molar-refractivity contribution in [3.63, 3.8) is 0 Å². The van der Waals surface area contributed by atoms with E-state index in [1.807, 2.05) is 6.92 Å². The van der Waals surface area contributed by atoms with Crippen LogP contribution in [0.1, 0.15) is 6.92 Å². The van der Waals surface area contributed by atoms with Gasteiger partial charge >= 0.3 is 5.69 Å². The van der Waals surface area contributed by atoms with Gasteiger partial charge in [0, 0.05) is 18.7 Å². The molecule has 0 bridgehead atoms. The van der Waals surface area contributed by atoms with E-state index in [0.717, 1.165) is 18.7 Å². The van der Waals surface area contributed by atoms with Crippen LogP contribution >= 0.6 is 11.6 Å². The lowest BCUT2D eigenvalue weighted by Crippen LogP contribution is -2.20. The molecule has 0 aromatic heterocycles. The van der Waals surface area contributed by atoms with Crippen LogP contribution in [0.3, 0.4) is 0 Å². The first-order valence-electron chi connectivity index (χ1n) is 5.03. The predicted molar refractivity (Wildman–Crippen MR) is 62.1 cm³/mol. The molecule has 0 aliphatic heterocycles. The lowest BCUT2D eigenvalue weighted by molar-refractivity contribution is -0.385. The van der Waals surface area contributed by atoms with Crippen LogP contribution in [0.15, 0.2) is 12.1 Å². The summed E-state index contributed by atoms with van der Waals surface area (Å²) in [6.07, 6.45) is 0. The van der Waals surface area contributed by atoms with Crippen LogP contribution < -0.4 is 10.1 Å². The molecule has 0 fully saturated rings. The Labute approximate surface area is 103 Å². The number of nitrogens with zero attached hydrogens (tertiary/aromatic N) is 1. The largest absolute Gasteiger partial charge is 0.485 e. The van der Waals surface area contributed by atoms with E-state index in [-0.39, 0.29) is 23.1 Å². The molecule has 0 spiro atoms. The fourth-order valence-corrected chi connectivity index (χ4v) is 1.34. The van der Waals surface area contributed by atoms with Gasteiger partial charge in [-0.15, -0.1) is 0 Å². The van der Waals surface area contributed by atoms with Crippen molar-refractivity contribution in [2.75, 3.05) is 19.7 Å². The first-order valence-corrected chi connectivity index (χ1v) is 5.41. The SMILES string of the molecule is CCNCCOc1cc(F)c(Cl)cc1[N+](=O)[O-]. The summed E-state index contributed by atoms with van der Waals surface area (Å²) in [7, 11) is 0. The van der Waals surface area contributed by atoms with Crippen molar-refractivity contribution in [3.8, 4) is 5.75 Å². The molecule has 7 heteroatoms. The summed E-state index contributed by atoms with van der Waals surface area (Å²) in [6.45, 7) is 3.43. The Hall–Kier alpha value is -1.40. The van der Waals surface area contributed by atoms with Gasteiger partial charge in [-0.2, -0.15) is 0 Å². The monoisotopic (exact) mass is 262 g/mol. The zero-order valence-corrected chi connectivity index (χ0v) is 9.96. The number of hydrogen-bond donors (Lipinski definition) is 1. The third kappa shape index (κ3) is 3.83. The van der Waals surface area contributed by atoms with Gasteiger partial charge in [-0.05, 0) is 6.54 Å². The molecule has 1 rings (SSSR count). The molecule has 94 valence electrons. The standard InChI is InChI=1S/C10H12ClFN2O3/c1-2-13-3-4-17-10-6-8(12)7(11)5-9(10)14(15)16/h5-6,13H,2-4H2,1H3. The van der Waals surface area contributed by atoms with E-state index < -0.39 is 10.7 Å². The summed E-state index contributed by atoms with van der Waals surface area (Å²) >= 11 is 5.47. The molecule has 1 aromatic rings. The molecular weight excluding hydrogens is 251 g/mol. The molecule has 0 amide bonds. The molecule has 1 N–H and O–H groups in total. The quantitative estimate of drug-likeness (QED) is 0.486. The van der Waals surface area contributed by atoms with E-state index in [2.05, 4.69) is 5.32 Å². The number of hydrogen-bond acceptors (Lipinski definition) is 4. The molecule has 0 saturated carbocycles. The molecule has 1 aromatic carbocycles. The van der Waals surface area contributed by atoms with E-state index in [0.29, 0.717) is 6.54 Å². The molecule has 17 heavy (non-hydrogen) atoms. The minimum atomic E-state index is -0.740. The summed E-state index contributed by atoms with van der Waals surface area (Å²) in [5.74, 6) is -0.856. The molecular formula is C10H12ClFN2O3. The maximum atomic E-state index is 13.1. The highest BCUT2D eigenvalue weighted by Gasteiger charge is 2.18. The number of rotatable bonds is 6. The molecule has 0 radical (unpaired) electrons. The first kappa shape index (κ1) is 13.7. The van der Waals surface area contributed by atoms with Crippen LogP contribution in [0.5, 0.6) is 5.75 Å². The van der Waals surface area contributed by atoms with E-state index in [4.69, 9.17) is 16.3 Å². The normalized spacial score (nSPS) is 10.3. The van der Waals surface area contributed by atoms with Crippen LogP contribution in [-0.2, 0) is 0 Å². The molecule has 0 aliphatic carbocycles. The average molecular weight is 263 g/mol. The van der Waals surface area contributed by atoms with Gasteiger partial charge in [-0.3, -0.25) is 10.1 Å². The van der Waals surface area contributed by atoms with Gasteiger partial charge in [0.1, 0.15) is 12.4 Å². The topological polar surface area (TPSA) is 64.4 Å². The number of likely N-dealkylation sites (N-methyl/N-ethyl adjacent to an activating group) is 1. The number of halogens is 2. The highest BCUT2D eigenvalue weighted by atomic mass is 35.5. The van der Waals surface area contributed by atoms with Crippen molar-refractivity contribution in [2.45, 2.75) is 6.92 Å². The lowest BCUT2D eigenvalue weighted by atomic mass is 10.3. The van der Waals surface area contributed by atoms with E-state index in [9.17, 15) is 14.5 Å². The summed E-state index contributed by atoms with van der Waals surface area (Å²) < 4.78 is 18.3. The first-order chi connectivity index (χ1) is 8.06. The van der Waals surface area contributed by atoms with Crippen molar-refractivity contribution in [1.29, 1.82) is 0 Å². The Bertz CT molecular complexity index is 415. The molecule has 0 unspecified atom stereocenters. The Balaban J connectivity index is 2.81. The van der Waals surface area contributed by atoms with Gasteiger partial charge in [0.2, 0.25) is 0 Å². The van der Waals surface area contributed by atoms with Gasteiger partial charge in [-0.25, -0.2) is 4.39 Å². The van der Waals surface area contributed by atoms with Crippen LogP contribution in [0.25, 0.3) is 0 Å². The van der Waals surface area contributed by atoms with Crippen LogP contribution in [-0.4, -0.2) is 24.6 Å². The van der Waals surface area contributed by atoms with Crippen LogP contribution in [0.4, 0.5) is 10.1 Å². The van der Waals surface area contributed by atoms with Crippen molar-refractivity contribution < 1.29 is 14.1 Å². The van der Waals surface area contributed by atoms with Gasteiger partial charge in [0.25, 0.3) is 0 Å². The molecule has 0 aliphatic rings. The van der Waals surface area contributed by atoms with Crippen LogP contribution in [0, 0.1) is 15.9 Å². The number of benzene rings is 1. The molecule has 0 atom stereocenters. The van der Waals surface area contributed by atoms with Crippen molar-refractivity contribution in [2.24, 2.45) is 0 Å². The zero-order chi connectivity index (χ0) is 12.8. The zero-order valence-electron chi connectivity index (χ0n) is 9.20. The summed E-state index contributed by atoms with van der Waals surface area (Å²) in [5.41, 5.74) is -0.340. The Kier molecular flexibility index (Phi) is 5.11. The number of ether oxygens (including phenoxy) is 1. The molecule has 5 nitrogen and oxygen atoms in total. The predicted octanol–water partition coefficient (Wildman–Crippen LogP) is 2.38.